The molecule has 3 fully saturated rings. The summed E-state index contributed by atoms with van der Waals surface area (Å²) in [6.45, 7) is 14.7. The molecule has 1 unspecified atom stereocenters. The number of nitrogens with zero attached hydrogens (tertiary/aromatic N) is 3. The summed E-state index contributed by atoms with van der Waals surface area (Å²) >= 11 is 0. The van der Waals surface area contributed by atoms with Crippen LogP contribution in [0.3, 0.4) is 0 Å². The number of carbonyl (C=O) groups is 2. The first kappa shape index (κ1) is 37.1. The van der Waals surface area contributed by atoms with E-state index in [1.807, 2.05) is 12.1 Å². The number of amides is 2. The largest absolute Gasteiger partial charge is 0.475 e. The Balaban J connectivity index is 1.14. The minimum atomic E-state index is -0.534. The number of aromatic nitrogens is 2. The Morgan fingerprint density at radius 2 is 1.69 bits per heavy atom. The number of H-pyrrole nitrogens is 1. The quantitative estimate of drug-likeness (QED) is 0.132. The molecule has 2 bridgehead atoms. The number of hydrogen-bond donors (Lipinski definition) is 3. The maximum atomic E-state index is 14.2. The van der Waals surface area contributed by atoms with Gasteiger partial charge in [0.2, 0.25) is 5.88 Å². The first-order chi connectivity index (χ1) is 24.6. The highest BCUT2D eigenvalue weighted by Crippen LogP contribution is 2.42. The first-order valence-electron chi connectivity index (χ1n) is 19.6. The first-order valence-corrected chi connectivity index (χ1v) is 19.6. The second-order valence-corrected chi connectivity index (χ2v) is 15.7. The van der Waals surface area contributed by atoms with Crippen molar-refractivity contribution in [2.24, 2.45) is 17.1 Å². The molecular weight excluding hydrogens is 637 g/mol. The lowest BCUT2D eigenvalue weighted by atomic mass is 9.74. The van der Waals surface area contributed by atoms with Crippen molar-refractivity contribution >= 4 is 17.5 Å². The Labute approximate surface area is 305 Å². The molecule has 276 valence electrons. The van der Waals surface area contributed by atoms with Crippen molar-refractivity contribution in [3.8, 4) is 17.1 Å². The minimum Gasteiger partial charge on any atom is -0.475 e. The standard InChI is InChI=1S/C42H60N6O3/c1-6-42(7-2,39(49)38-32-18-21-47(38)22-19-32)27-51-40-36(37(45-46-40)33-24-28(3)23-29(4)25-33)30(5)26-44-20-17-31-13-15-35(16-14-31)48(41(43)50)34-11-9-8-10-12-34/h13-16,23-25,30,32,34,38,44H,6-12,17-22,26-27H2,1-5H3,(H2,43,50)(H,45,46)/t30-,38?/m1/s1. The lowest BCUT2D eigenvalue weighted by Crippen LogP contribution is -2.47. The summed E-state index contributed by atoms with van der Waals surface area (Å²) < 4.78 is 6.66. The van der Waals surface area contributed by atoms with E-state index >= 15 is 0 Å². The van der Waals surface area contributed by atoms with Gasteiger partial charge in [-0.15, -0.1) is 5.10 Å². The average molecular weight is 697 g/mol. The van der Waals surface area contributed by atoms with Crippen molar-refractivity contribution in [1.82, 2.24) is 20.4 Å². The molecule has 0 radical (unpaired) electrons. The third-order valence-corrected chi connectivity index (χ3v) is 12.2. The number of Topliss-reactive ketones (excluding diaryl/α,β-unsaturated/α-hetero) is 1. The summed E-state index contributed by atoms with van der Waals surface area (Å²) in [6.07, 6.45) is 10.2. The molecule has 3 aliphatic rings. The molecule has 2 saturated heterocycles. The van der Waals surface area contributed by atoms with E-state index in [4.69, 9.17) is 15.6 Å². The van der Waals surface area contributed by atoms with Gasteiger partial charge in [-0.3, -0.25) is 19.7 Å². The fraction of sp³-hybridized carbons (Fsp3) is 0.595. The van der Waals surface area contributed by atoms with Gasteiger partial charge in [-0.1, -0.05) is 69.4 Å². The van der Waals surface area contributed by atoms with Gasteiger partial charge in [-0.2, -0.15) is 0 Å². The molecular formula is C42H60N6O3. The molecule has 2 aliphatic heterocycles. The topological polar surface area (TPSA) is 117 Å². The van der Waals surface area contributed by atoms with Crippen molar-refractivity contribution in [2.75, 3.05) is 37.7 Å². The number of aromatic amines is 1. The molecule has 6 rings (SSSR count). The molecule has 9 nitrogen and oxygen atoms in total. The van der Waals surface area contributed by atoms with E-state index in [1.54, 1.807) is 4.90 Å². The molecule has 1 aliphatic carbocycles. The molecule has 1 saturated carbocycles. The highest BCUT2D eigenvalue weighted by atomic mass is 16.5. The lowest BCUT2D eigenvalue weighted by Gasteiger charge is -2.34. The Morgan fingerprint density at radius 1 is 1.02 bits per heavy atom. The Hall–Kier alpha value is -3.69. The number of aryl methyl sites for hydroxylation is 2. The van der Waals surface area contributed by atoms with Crippen LogP contribution in [-0.2, 0) is 11.2 Å². The molecule has 9 heteroatoms. The second kappa shape index (κ2) is 16.3. The zero-order valence-corrected chi connectivity index (χ0v) is 31.6. The van der Waals surface area contributed by atoms with E-state index in [9.17, 15) is 9.59 Å². The van der Waals surface area contributed by atoms with Gasteiger partial charge in [0.1, 0.15) is 6.61 Å². The molecule has 1 aromatic heterocycles. The number of hydrogen-bond acceptors (Lipinski definition) is 6. The molecule has 3 aromatic rings. The maximum absolute atomic E-state index is 14.2. The van der Waals surface area contributed by atoms with Gasteiger partial charge < -0.3 is 15.8 Å². The molecule has 2 atom stereocenters. The van der Waals surface area contributed by atoms with E-state index in [2.05, 4.69) is 80.3 Å². The van der Waals surface area contributed by atoms with Crippen LogP contribution in [0.5, 0.6) is 5.88 Å². The summed E-state index contributed by atoms with van der Waals surface area (Å²) in [7, 11) is 0. The summed E-state index contributed by atoms with van der Waals surface area (Å²) in [6, 6.07) is 14.7. The summed E-state index contributed by atoms with van der Waals surface area (Å²) in [5.74, 6) is 1.54. The number of benzene rings is 2. The molecule has 2 amide bonds. The van der Waals surface area contributed by atoms with Crippen LogP contribution in [0.2, 0.25) is 0 Å². The van der Waals surface area contributed by atoms with Crippen LogP contribution in [-0.4, -0.2) is 71.8 Å². The number of urea groups is 1. The van der Waals surface area contributed by atoms with Gasteiger partial charge >= 0.3 is 6.03 Å². The van der Waals surface area contributed by atoms with E-state index < -0.39 is 5.41 Å². The average Bonchev–Trinajstić information content (AvgIpc) is 3.86. The number of carbonyl (C=O) groups excluding carboxylic acids is 2. The van der Waals surface area contributed by atoms with Gasteiger partial charge in [0, 0.05) is 35.3 Å². The number of nitrogens with one attached hydrogen (secondary N) is 2. The summed E-state index contributed by atoms with van der Waals surface area (Å²) in [5.41, 5.74) is 12.9. The minimum absolute atomic E-state index is 0.0382. The molecule has 0 spiro atoms. The normalized spacial score (nSPS) is 21.2. The number of ketones is 1. The van der Waals surface area contributed by atoms with Crippen molar-refractivity contribution in [3.05, 3.63) is 64.7 Å². The van der Waals surface area contributed by atoms with Gasteiger partial charge in [0.25, 0.3) is 0 Å². The van der Waals surface area contributed by atoms with Gasteiger partial charge in [0.05, 0.1) is 17.2 Å². The number of primary amides is 1. The van der Waals surface area contributed by atoms with Crippen molar-refractivity contribution in [3.63, 3.8) is 0 Å². The van der Waals surface area contributed by atoms with Crippen LogP contribution in [0.15, 0.2) is 42.5 Å². The zero-order chi connectivity index (χ0) is 36.1. The van der Waals surface area contributed by atoms with E-state index in [-0.39, 0.29) is 24.0 Å². The smallest absolute Gasteiger partial charge is 0.319 e. The van der Waals surface area contributed by atoms with E-state index in [1.165, 1.54) is 23.1 Å². The van der Waals surface area contributed by atoms with Gasteiger partial charge in [0.15, 0.2) is 5.78 Å². The lowest BCUT2D eigenvalue weighted by molar-refractivity contribution is -0.135. The Bertz CT molecular complexity index is 1600. The fourth-order valence-corrected chi connectivity index (χ4v) is 9.16. The predicted molar refractivity (Wildman–Crippen MR) is 205 cm³/mol. The highest BCUT2D eigenvalue weighted by molar-refractivity contribution is 5.91. The van der Waals surface area contributed by atoms with Crippen LogP contribution in [0.4, 0.5) is 10.5 Å². The number of ether oxygens (including phenoxy) is 1. The third kappa shape index (κ3) is 8.05. The molecule has 3 heterocycles. The number of rotatable bonds is 16. The summed E-state index contributed by atoms with van der Waals surface area (Å²) in [5, 5.41) is 11.8. The third-order valence-electron chi connectivity index (χ3n) is 12.2. The number of piperidine rings is 1. The molecule has 51 heavy (non-hydrogen) atoms. The fourth-order valence-electron chi connectivity index (χ4n) is 9.16. The monoisotopic (exact) mass is 696 g/mol. The SMILES string of the molecule is CCC(CC)(COc1n[nH]c(-c2cc(C)cc(C)c2)c1[C@H](C)CNCCc1ccc(N(C(N)=O)C2CCCCC2)cc1)C(=O)C1C2CCN1CC2. The number of anilines is 1. The second-order valence-electron chi connectivity index (χ2n) is 15.7. The van der Waals surface area contributed by atoms with Crippen LogP contribution in [0.1, 0.15) is 107 Å². The van der Waals surface area contributed by atoms with Crippen LogP contribution >= 0.6 is 0 Å². The Kier molecular flexibility index (Phi) is 11.9. The highest BCUT2D eigenvalue weighted by Gasteiger charge is 2.50. The number of nitrogens with two attached hydrogens (primary N) is 1. The summed E-state index contributed by atoms with van der Waals surface area (Å²) in [4.78, 5) is 30.8. The van der Waals surface area contributed by atoms with Crippen LogP contribution in [0, 0.1) is 25.2 Å². The van der Waals surface area contributed by atoms with Crippen molar-refractivity contribution in [1.29, 1.82) is 0 Å². The number of fused-ring (bicyclic) bond motifs is 2. The van der Waals surface area contributed by atoms with Crippen molar-refractivity contribution in [2.45, 2.75) is 117 Å². The van der Waals surface area contributed by atoms with Crippen LogP contribution < -0.4 is 20.7 Å². The zero-order valence-electron chi connectivity index (χ0n) is 31.6. The Morgan fingerprint density at radius 3 is 2.27 bits per heavy atom. The van der Waals surface area contributed by atoms with E-state index in [0.29, 0.717) is 24.2 Å². The maximum Gasteiger partial charge on any atom is 0.319 e. The molecule has 2 aromatic carbocycles. The van der Waals surface area contributed by atoms with Gasteiger partial charge in [-0.05, 0) is 114 Å². The van der Waals surface area contributed by atoms with E-state index in [0.717, 1.165) is 106 Å². The van der Waals surface area contributed by atoms with Crippen LogP contribution in [0.25, 0.3) is 11.3 Å². The van der Waals surface area contributed by atoms with Gasteiger partial charge in [-0.25, -0.2) is 4.79 Å². The van der Waals surface area contributed by atoms with Crippen molar-refractivity contribution < 1.29 is 14.3 Å². The predicted octanol–water partition coefficient (Wildman–Crippen LogP) is 7.70. The molecule has 4 N–H and O–H groups in total.